The molecule has 0 fully saturated rings. The number of para-hydroxylation sites is 1. The first-order valence-corrected chi connectivity index (χ1v) is 7.52. The fourth-order valence-electron chi connectivity index (χ4n) is 2.25. The summed E-state index contributed by atoms with van der Waals surface area (Å²) in [7, 11) is 0. The Bertz CT molecular complexity index is 536. The normalized spacial score (nSPS) is 11.1. The third-order valence-corrected chi connectivity index (χ3v) is 3.24. The Hall–Kier alpha value is -1.22. The minimum Gasteiger partial charge on any atom is -0.491 e. The second-order valence-corrected chi connectivity index (χ2v) is 4.97. The predicted molar refractivity (Wildman–Crippen MR) is 80.2 cm³/mol. The quantitative estimate of drug-likeness (QED) is 0.717. The topological polar surface area (TPSA) is 27.1 Å². The zero-order valence-electron chi connectivity index (χ0n) is 11.7. The molecule has 0 bridgehead atoms. The summed E-state index contributed by atoms with van der Waals surface area (Å²) in [5.41, 5.74) is 2.11. The molecule has 4 heteroatoms. The van der Waals surface area contributed by atoms with Crippen molar-refractivity contribution in [2.45, 2.75) is 39.7 Å². The summed E-state index contributed by atoms with van der Waals surface area (Å²) in [5, 5.41) is 0. The smallest absolute Gasteiger partial charge is 0.147 e. The zero-order valence-corrected chi connectivity index (χ0v) is 12.4. The fourth-order valence-corrected chi connectivity index (χ4v) is 2.42. The first-order chi connectivity index (χ1) is 9.31. The summed E-state index contributed by atoms with van der Waals surface area (Å²) < 4.78 is 8.04. The van der Waals surface area contributed by atoms with Crippen molar-refractivity contribution in [1.82, 2.24) is 9.55 Å². The molecule has 104 valence electrons. The van der Waals surface area contributed by atoms with Crippen molar-refractivity contribution >= 4 is 22.6 Å². The number of ether oxygens (including phenoxy) is 1. The number of benzene rings is 1. The SMILES string of the molecule is CCCOc1cccc2c1nc(CCCl)n2CCC. The van der Waals surface area contributed by atoms with E-state index < -0.39 is 0 Å². The van der Waals surface area contributed by atoms with Crippen LogP contribution in [0.15, 0.2) is 18.2 Å². The van der Waals surface area contributed by atoms with E-state index in [0.29, 0.717) is 5.88 Å². The number of fused-ring (bicyclic) bond motifs is 1. The second-order valence-electron chi connectivity index (χ2n) is 4.59. The van der Waals surface area contributed by atoms with Crippen LogP contribution >= 0.6 is 11.6 Å². The highest BCUT2D eigenvalue weighted by Gasteiger charge is 2.13. The van der Waals surface area contributed by atoms with Gasteiger partial charge in [0.25, 0.3) is 0 Å². The summed E-state index contributed by atoms with van der Waals surface area (Å²) in [6, 6.07) is 6.13. The molecule has 0 saturated carbocycles. The van der Waals surface area contributed by atoms with Crippen LogP contribution in [0.25, 0.3) is 11.0 Å². The number of imidazole rings is 1. The number of hydrogen-bond donors (Lipinski definition) is 0. The molecule has 19 heavy (non-hydrogen) atoms. The number of halogens is 1. The second kappa shape index (κ2) is 6.80. The highest BCUT2D eigenvalue weighted by molar-refractivity contribution is 6.17. The number of hydrogen-bond acceptors (Lipinski definition) is 2. The van der Waals surface area contributed by atoms with E-state index in [1.54, 1.807) is 0 Å². The van der Waals surface area contributed by atoms with Gasteiger partial charge in [-0.1, -0.05) is 19.9 Å². The Morgan fingerprint density at radius 1 is 1.26 bits per heavy atom. The van der Waals surface area contributed by atoms with Gasteiger partial charge >= 0.3 is 0 Å². The lowest BCUT2D eigenvalue weighted by molar-refractivity contribution is 0.320. The summed E-state index contributed by atoms with van der Waals surface area (Å²) in [6.07, 6.45) is 2.88. The van der Waals surface area contributed by atoms with Crippen molar-refractivity contribution in [1.29, 1.82) is 0 Å². The molecule has 3 nitrogen and oxygen atoms in total. The first-order valence-electron chi connectivity index (χ1n) is 6.98. The largest absolute Gasteiger partial charge is 0.491 e. The average Bonchev–Trinajstić information content (AvgIpc) is 2.76. The van der Waals surface area contributed by atoms with Crippen LogP contribution in [-0.2, 0) is 13.0 Å². The Kier molecular flexibility index (Phi) is 5.08. The highest BCUT2D eigenvalue weighted by atomic mass is 35.5. The Labute approximate surface area is 119 Å². The molecule has 0 atom stereocenters. The van der Waals surface area contributed by atoms with Gasteiger partial charge in [0.05, 0.1) is 12.1 Å². The summed E-state index contributed by atoms with van der Waals surface area (Å²) >= 11 is 5.87. The molecule has 0 unspecified atom stereocenters. The van der Waals surface area contributed by atoms with Crippen molar-refractivity contribution in [3.63, 3.8) is 0 Å². The van der Waals surface area contributed by atoms with Gasteiger partial charge in [-0.05, 0) is 25.0 Å². The fraction of sp³-hybridized carbons (Fsp3) is 0.533. The van der Waals surface area contributed by atoms with Gasteiger partial charge < -0.3 is 9.30 Å². The Balaban J connectivity index is 2.47. The maximum atomic E-state index is 5.87. The van der Waals surface area contributed by atoms with Crippen molar-refractivity contribution in [2.75, 3.05) is 12.5 Å². The summed E-state index contributed by atoms with van der Waals surface area (Å²) in [6.45, 7) is 5.98. The molecule has 2 aromatic rings. The number of aromatic nitrogens is 2. The Morgan fingerprint density at radius 2 is 2.11 bits per heavy atom. The van der Waals surface area contributed by atoms with Gasteiger partial charge in [-0.3, -0.25) is 0 Å². The van der Waals surface area contributed by atoms with Crippen LogP contribution in [0.1, 0.15) is 32.5 Å². The molecule has 0 spiro atoms. The third kappa shape index (κ3) is 3.03. The monoisotopic (exact) mass is 280 g/mol. The van der Waals surface area contributed by atoms with E-state index in [1.807, 2.05) is 12.1 Å². The summed E-state index contributed by atoms with van der Waals surface area (Å²) in [5.74, 6) is 2.53. The van der Waals surface area contributed by atoms with Crippen molar-refractivity contribution in [2.24, 2.45) is 0 Å². The van der Waals surface area contributed by atoms with E-state index in [0.717, 1.165) is 55.0 Å². The lowest BCUT2D eigenvalue weighted by Gasteiger charge is -2.07. The molecule has 0 saturated heterocycles. The average molecular weight is 281 g/mol. The van der Waals surface area contributed by atoms with Crippen LogP contribution < -0.4 is 4.74 Å². The molecular weight excluding hydrogens is 260 g/mol. The van der Waals surface area contributed by atoms with E-state index >= 15 is 0 Å². The van der Waals surface area contributed by atoms with E-state index in [-0.39, 0.29) is 0 Å². The number of alkyl halides is 1. The maximum absolute atomic E-state index is 5.87. The third-order valence-electron chi connectivity index (χ3n) is 3.05. The molecule has 1 heterocycles. The van der Waals surface area contributed by atoms with Crippen LogP contribution in [0, 0.1) is 0 Å². The Morgan fingerprint density at radius 3 is 2.79 bits per heavy atom. The zero-order chi connectivity index (χ0) is 13.7. The lowest BCUT2D eigenvalue weighted by Crippen LogP contribution is -2.03. The molecule has 0 aliphatic carbocycles. The number of aryl methyl sites for hydroxylation is 2. The van der Waals surface area contributed by atoms with Gasteiger partial charge in [-0.15, -0.1) is 11.6 Å². The maximum Gasteiger partial charge on any atom is 0.147 e. The van der Waals surface area contributed by atoms with E-state index in [9.17, 15) is 0 Å². The number of nitrogens with zero attached hydrogens (tertiary/aromatic N) is 2. The van der Waals surface area contributed by atoms with E-state index in [1.165, 1.54) is 0 Å². The molecule has 0 N–H and O–H groups in total. The van der Waals surface area contributed by atoms with Crippen LogP contribution in [0.3, 0.4) is 0 Å². The molecular formula is C15H21ClN2O. The van der Waals surface area contributed by atoms with Crippen molar-refractivity contribution < 1.29 is 4.74 Å². The summed E-state index contributed by atoms with van der Waals surface area (Å²) in [4.78, 5) is 4.73. The minimum atomic E-state index is 0.595. The first kappa shape index (κ1) is 14.2. The molecule has 0 radical (unpaired) electrons. The molecule has 1 aromatic heterocycles. The highest BCUT2D eigenvalue weighted by Crippen LogP contribution is 2.26. The van der Waals surface area contributed by atoms with Gasteiger partial charge in [-0.25, -0.2) is 4.98 Å². The van der Waals surface area contributed by atoms with Crippen LogP contribution in [0.5, 0.6) is 5.75 Å². The van der Waals surface area contributed by atoms with Gasteiger partial charge in [-0.2, -0.15) is 0 Å². The predicted octanol–water partition coefficient (Wildman–Crippen LogP) is 4.02. The van der Waals surface area contributed by atoms with Crippen LogP contribution in [0.2, 0.25) is 0 Å². The van der Waals surface area contributed by atoms with Gasteiger partial charge in [0.2, 0.25) is 0 Å². The lowest BCUT2D eigenvalue weighted by atomic mass is 10.3. The van der Waals surface area contributed by atoms with Gasteiger partial charge in [0.15, 0.2) is 0 Å². The van der Waals surface area contributed by atoms with E-state index in [4.69, 9.17) is 21.3 Å². The minimum absolute atomic E-state index is 0.595. The van der Waals surface area contributed by atoms with Gasteiger partial charge in [0.1, 0.15) is 17.1 Å². The molecule has 2 rings (SSSR count). The number of rotatable bonds is 7. The standard InChI is InChI=1S/C15H21ClN2O/c1-3-10-18-12-6-5-7-13(19-11-4-2)15(12)17-14(18)8-9-16/h5-7H,3-4,8-11H2,1-2H3. The van der Waals surface area contributed by atoms with Crippen molar-refractivity contribution in [3.05, 3.63) is 24.0 Å². The molecule has 0 aliphatic heterocycles. The molecule has 0 aliphatic rings. The molecule has 0 amide bonds. The van der Waals surface area contributed by atoms with Gasteiger partial charge in [0, 0.05) is 18.8 Å². The van der Waals surface area contributed by atoms with Crippen LogP contribution in [-0.4, -0.2) is 22.0 Å². The van der Waals surface area contributed by atoms with E-state index in [2.05, 4.69) is 24.5 Å². The van der Waals surface area contributed by atoms with Crippen LogP contribution in [0.4, 0.5) is 0 Å². The van der Waals surface area contributed by atoms with Crippen molar-refractivity contribution in [3.8, 4) is 5.75 Å². The molecule has 1 aromatic carbocycles.